The van der Waals surface area contributed by atoms with E-state index in [1.54, 1.807) is 6.33 Å². The van der Waals surface area contributed by atoms with Crippen molar-refractivity contribution in [2.75, 3.05) is 18.0 Å². The molecule has 37 heavy (non-hydrogen) atoms. The van der Waals surface area contributed by atoms with Crippen molar-refractivity contribution >= 4 is 16.7 Å². The molecule has 3 heterocycles. The lowest BCUT2D eigenvalue weighted by molar-refractivity contribution is 0.0263. The largest absolute Gasteiger partial charge is 0.486 e. The van der Waals surface area contributed by atoms with Gasteiger partial charge in [-0.05, 0) is 68.9 Å². The van der Waals surface area contributed by atoms with Gasteiger partial charge in [0, 0.05) is 36.5 Å². The summed E-state index contributed by atoms with van der Waals surface area (Å²) in [4.78, 5) is 11.2. The van der Waals surface area contributed by atoms with Crippen LogP contribution in [0.2, 0.25) is 0 Å². The molecular formula is C29H30N6O2. The number of aromatic nitrogens is 4. The highest BCUT2D eigenvalue weighted by Gasteiger charge is 2.34. The van der Waals surface area contributed by atoms with E-state index in [-0.39, 0.29) is 12.0 Å². The first-order valence-electron chi connectivity index (χ1n) is 12.9. The number of aliphatic hydroxyl groups is 1. The Balaban J connectivity index is 1.28. The molecule has 1 aliphatic heterocycles. The molecule has 8 heteroatoms. The smallest absolute Gasteiger partial charge is 0.159 e. The van der Waals surface area contributed by atoms with Crippen LogP contribution in [0.4, 0.5) is 5.82 Å². The Morgan fingerprint density at radius 3 is 2.78 bits per heavy atom. The summed E-state index contributed by atoms with van der Waals surface area (Å²) in [6.07, 6.45) is 7.05. The molecule has 2 atom stereocenters. The molecule has 1 N–H and O–H groups in total. The van der Waals surface area contributed by atoms with E-state index in [0.29, 0.717) is 5.82 Å². The van der Waals surface area contributed by atoms with E-state index in [0.717, 1.165) is 77.9 Å². The van der Waals surface area contributed by atoms with E-state index >= 15 is 0 Å². The van der Waals surface area contributed by atoms with Crippen molar-refractivity contribution in [2.45, 2.75) is 51.2 Å². The zero-order valence-electron chi connectivity index (χ0n) is 21.1. The fourth-order valence-corrected chi connectivity index (χ4v) is 5.62. The van der Waals surface area contributed by atoms with Crippen molar-refractivity contribution in [3.63, 3.8) is 0 Å². The number of hydrogen-bond donors (Lipinski definition) is 1. The third-order valence-corrected chi connectivity index (χ3v) is 7.76. The first kappa shape index (κ1) is 23.4. The second-order valence-electron chi connectivity index (χ2n) is 10.6. The first-order chi connectivity index (χ1) is 17.9. The molecule has 8 nitrogen and oxygen atoms in total. The highest BCUT2D eigenvalue weighted by molar-refractivity contribution is 5.81. The van der Waals surface area contributed by atoms with E-state index in [4.69, 9.17) is 4.74 Å². The van der Waals surface area contributed by atoms with Crippen molar-refractivity contribution in [1.29, 1.82) is 5.26 Å². The summed E-state index contributed by atoms with van der Waals surface area (Å²) in [6.45, 7) is 5.35. The van der Waals surface area contributed by atoms with E-state index in [2.05, 4.69) is 32.1 Å². The molecule has 2 aromatic heterocycles. The molecule has 0 saturated carbocycles. The van der Waals surface area contributed by atoms with Gasteiger partial charge in [0.1, 0.15) is 24.0 Å². The Hall–Kier alpha value is -3.96. The van der Waals surface area contributed by atoms with Crippen molar-refractivity contribution in [3.8, 4) is 17.6 Å². The quantitative estimate of drug-likeness (QED) is 0.428. The van der Waals surface area contributed by atoms with Gasteiger partial charge in [-0.3, -0.25) is 0 Å². The van der Waals surface area contributed by atoms with Gasteiger partial charge in [-0.25, -0.2) is 14.6 Å². The van der Waals surface area contributed by atoms with Gasteiger partial charge in [0.15, 0.2) is 5.82 Å². The van der Waals surface area contributed by atoms with Gasteiger partial charge in [-0.1, -0.05) is 12.1 Å². The molecule has 1 unspecified atom stereocenters. The van der Waals surface area contributed by atoms with Crippen LogP contribution >= 0.6 is 0 Å². The number of benzene rings is 2. The zero-order chi connectivity index (χ0) is 25.6. The Bertz CT molecular complexity index is 1500. The molecule has 0 bridgehead atoms. The number of nitrogens with zero attached hydrogens (tertiary/aromatic N) is 6. The van der Waals surface area contributed by atoms with Crippen LogP contribution in [0.15, 0.2) is 55.0 Å². The summed E-state index contributed by atoms with van der Waals surface area (Å²) in [5.74, 6) is 2.48. The average molecular weight is 495 g/mol. The van der Waals surface area contributed by atoms with Crippen molar-refractivity contribution in [2.24, 2.45) is 5.92 Å². The summed E-state index contributed by atoms with van der Waals surface area (Å²) in [7, 11) is 0. The minimum absolute atomic E-state index is 0.0876. The molecule has 0 radical (unpaired) electrons. The summed E-state index contributed by atoms with van der Waals surface area (Å²) in [6, 6.07) is 16.2. The SMILES string of the molecule is CC(C)(O)[C@H]1CCN(c2cc(-n3ncc4ccc(OC5CCCc6c(C#N)cccc65)cc43)ncn2)C1. The second-order valence-corrected chi connectivity index (χ2v) is 10.6. The van der Waals surface area contributed by atoms with Gasteiger partial charge < -0.3 is 14.7 Å². The lowest BCUT2D eigenvalue weighted by atomic mass is 9.86. The maximum absolute atomic E-state index is 10.4. The maximum Gasteiger partial charge on any atom is 0.159 e. The van der Waals surface area contributed by atoms with Gasteiger partial charge in [-0.2, -0.15) is 10.4 Å². The molecule has 2 aliphatic rings. The van der Waals surface area contributed by atoms with Gasteiger partial charge in [0.05, 0.1) is 28.9 Å². The van der Waals surface area contributed by atoms with Crippen LogP contribution < -0.4 is 9.64 Å². The fourth-order valence-electron chi connectivity index (χ4n) is 5.62. The lowest BCUT2D eigenvalue weighted by Gasteiger charge is -2.27. The summed E-state index contributed by atoms with van der Waals surface area (Å²) < 4.78 is 8.30. The van der Waals surface area contributed by atoms with Crippen LogP contribution in [0.1, 0.15) is 55.9 Å². The summed E-state index contributed by atoms with van der Waals surface area (Å²) >= 11 is 0. The lowest BCUT2D eigenvalue weighted by Crippen LogP contribution is -2.33. The fraction of sp³-hybridized carbons (Fsp3) is 0.379. The van der Waals surface area contributed by atoms with Crippen molar-refractivity contribution in [3.05, 3.63) is 71.7 Å². The normalized spacial score (nSPS) is 19.6. The first-order valence-corrected chi connectivity index (χ1v) is 12.9. The number of ether oxygens (including phenoxy) is 1. The zero-order valence-corrected chi connectivity index (χ0v) is 21.1. The molecule has 0 amide bonds. The van der Waals surface area contributed by atoms with Gasteiger partial charge in [0.25, 0.3) is 0 Å². The molecule has 6 rings (SSSR count). The van der Waals surface area contributed by atoms with Gasteiger partial charge >= 0.3 is 0 Å². The topological polar surface area (TPSA) is 100 Å². The Morgan fingerprint density at radius 2 is 1.97 bits per heavy atom. The monoisotopic (exact) mass is 494 g/mol. The van der Waals surface area contributed by atoms with Crippen LogP contribution in [0.25, 0.3) is 16.7 Å². The molecule has 1 fully saturated rings. The molecule has 188 valence electrons. The number of nitriles is 1. The standard InChI is InChI=1S/C29H30N6O2/c1-29(2,36)21-11-12-34(17-21)27-14-28(32-18-31-27)35-25-13-22(10-9-20(25)16-33-35)37-26-8-4-6-23-19(15-30)5-3-7-24(23)26/h3,5,7,9-10,13-14,16,18,21,26,36H,4,6,8,11-12,17H2,1-2H3/t21-,26?/m0/s1. The number of rotatable bonds is 5. The van der Waals surface area contributed by atoms with Crippen molar-refractivity contribution < 1.29 is 9.84 Å². The maximum atomic E-state index is 10.4. The van der Waals surface area contributed by atoms with Gasteiger partial charge in [0.2, 0.25) is 0 Å². The van der Waals surface area contributed by atoms with E-state index in [1.165, 1.54) is 0 Å². The minimum Gasteiger partial charge on any atom is -0.486 e. The Labute approximate surface area is 216 Å². The van der Waals surface area contributed by atoms with Crippen LogP contribution in [-0.4, -0.2) is 43.5 Å². The third kappa shape index (κ3) is 4.40. The molecular weight excluding hydrogens is 464 g/mol. The third-order valence-electron chi connectivity index (χ3n) is 7.76. The number of hydrogen-bond acceptors (Lipinski definition) is 7. The predicted octanol–water partition coefficient (Wildman–Crippen LogP) is 4.74. The highest BCUT2D eigenvalue weighted by Crippen LogP contribution is 2.36. The van der Waals surface area contributed by atoms with Crippen LogP contribution in [0.3, 0.4) is 0 Å². The average Bonchev–Trinajstić information content (AvgIpc) is 3.56. The van der Waals surface area contributed by atoms with Crippen LogP contribution in [0.5, 0.6) is 5.75 Å². The molecule has 1 saturated heterocycles. The van der Waals surface area contributed by atoms with E-state index < -0.39 is 5.60 Å². The van der Waals surface area contributed by atoms with Gasteiger partial charge in [-0.15, -0.1) is 0 Å². The number of anilines is 1. The Kier molecular flexibility index (Phi) is 5.81. The number of fused-ring (bicyclic) bond motifs is 2. The minimum atomic E-state index is -0.714. The van der Waals surface area contributed by atoms with Crippen LogP contribution in [-0.2, 0) is 6.42 Å². The molecule has 4 aromatic rings. The van der Waals surface area contributed by atoms with Crippen LogP contribution in [0, 0.1) is 17.2 Å². The Morgan fingerprint density at radius 1 is 1.11 bits per heavy atom. The molecule has 0 spiro atoms. The highest BCUT2D eigenvalue weighted by atomic mass is 16.5. The second kappa shape index (κ2) is 9.16. The van der Waals surface area contributed by atoms with E-state index in [9.17, 15) is 10.4 Å². The molecule has 2 aromatic carbocycles. The summed E-state index contributed by atoms with van der Waals surface area (Å²) in [5.41, 5.74) is 3.14. The summed E-state index contributed by atoms with van der Waals surface area (Å²) in [5, 5.41) is 25.5. The molecule has 1 aliphatic carbocycles. The van der Waals surface area contributed by atoms with E-state index in [1.807, 2.05) is 61.1 Å². The predicted molar refractivity (Wildman–Crippen MR) is 141 cm³/mol. The van der Waals surface area contributed by atoms with Crippen molar-refractivity contribution in [1.82, 2.24) is 19.7 Å².